The van der Waals surface area contributed by atoms with Gasteiger partial charge < -0.3 is 19.4 Å². The molecule has 130 valence electrons. The highest BCUT2D eigenvalue weighted by Gasteiger charge is 2.31. The van der Waals surface area contributed by atoms with Crippen LogP contribution in [-0.4, -0.2) is 35.2 Å². The van der Waals surface area contributed by atoms with Gasteiger partial charge >= 0.3 is 6.09 Å². The zero-order valence-corrected chi connectivity index (χ0v) is 15.0. The second kappa shape index (κ2) is 7.39. The molecule has 1 fully saturated rings. The molecule has 2 unspecified atom stereocenters. The van der Waals surface area contributed by atoms with Gasteiger partial charge in [-0.3, -0.25) is 0 Å². The summed E-state index contributed by atoms with van der Waals surface area (Å²) in [7, 11) is 0. The van der Waals surface area contributed by atoms with Crippen LogP contribution in [0.4, 0.5) is 4.79 Å². The number of likely N-dealkylation sites (tertiary alicyclic amines) is 1. The largest absolute Gasteiger partial charge is 0.465 e. The Bertz CT molecular complexity index is 519. The van der Waals surface area contributed by atoms with E-state index in [1.54, 1.807) is 0 Å². The van der Waals surface area contributed by atoms with Crippen molar-refractivity contribution in [3.63, 3.8) is 0 Å². The molecule has 1 aliphatic heterocycles. The summed E-state index contributed by atoms with van der Waals surface area (Å²) in [4.78, 5) is 14.1. The Labute approximate surface area is 139 Å². The number of carbonyl (C=O) groups excluding carboxylic acids is 1. The highest BCUT2D eigenvalue weighted by molar-refractivity contribution is 5.68. The standard InChI is InChI=1S/C18H30N2O3/c1-6-15-7-8-16(22-15)12-19-14-9-10-20(13(2)11-14)17(21)23-18(3,4)5/h7-8,13-14,19H,6,9-12H2,1-5H3. The average molecular weight is 322 g/mol. The van der Waals surface area contributed by atoms with E-state index in [0.717, 1.165) is 43.9 Å². The molecule has 0 bridgehead atoms. The van der Waals surface area contributed by atoms with Crippen LogP contribution in [0.25, 0.3) is 0 Å². The van der Waals surface area contributed by atoms with E-state index < -0.39 is 5.60 Å². The Morgan fingerprint density at radius 3 is 2.65 bits per heavy atom. The molecule has 1 aromatic heterocycles. The monoisotopic (exact) mass is 322 g/mol. The molecule has 1 saturated heterocycles. The summed E-state index contributed by atoms with van der Waals surface area (Å²) in [6.07, 6.45) is 2.58. The Kier molecular flexibility index (Phi) is 5.74. The lowest BCUT2D eigenvalue weighted by Crippen LogP contribution is -2.50. The van der Waals surface area contributed by atoms with Crippen molar-refractivity contribution in [1.29, 1.82) is 0 Å². The molecule has 2 heterocycles. The van der Waals surface area contributed by atoms with E-state index >= 15 is 0 Å². The number of hydrogen-bond acceptors (Lipinski definition) is 4. The number of carbonyl (C=O) groups is 1. The van der Waals surface area contributed by atoms with Crippen molar-refractivity contribution in [2.45, 2.75) is 78.1 Å². The number of furan rings is 1. The number of rotatable bonds is 4. The molecule has 1 amide bonds. The normalized spacial score (nSPS) is 22.2. The summed E-state index contributed by atoms with van der Waals surface area (Å²) in [5.41, 5.74) is -0.442. The lowest BCUT2D eigenvalue weighted by Gasteiger charge is -2.38. The first-order valence-corrected chi connectivity index (χ1v) is 8.59. The van der Waals surface area contributed by atoms with E-state index in [1.165, 1.54) is 0 Å². The fraction of sp³-hybridized carbons (Fsp3) is 0.722. The molecule has 2 rings (SSSR count). The van der Waals surface area contributed by atoms with Gasteiger partial charge in [-0.2, -0.15) is 0 Å². The van der Waals surface area contributed by atoms with Crippen molar-refractivity contribution < 1.29 is 13.9 Å². The molecule has 1 aromatic rings. The van der Waals surface area contributed by atoms with Gasteiger partial charge in [-0.1, -0.05) is 6.92 Å². The maximum Gasteiger partial charge on any atom is 0.410 e. The highest BCUT2D eigenvalue weighted by atomic mass is 16.6. The minimum atomic E-state index is -0.442. The Balaban J connectivity index is 1.80. The van der Waals surface area contributed by atoms with Crippen LogP contribution < -0.4 is 5.32 Å². The van der Waals surface area contributed by atoms with Gasteiger partial charge in [0.1, 0.15) is 17.1 Å². The van der Waals surface area contributed by atoms with E-state index in [2.05, 4.69) is 19.2 Å². The number of aryl methyl sites for hydroxylation is 1. The third-order valence-corrected chi connectivity index (χ3v) is 4.13. The summed E-state index contributed by atoms with van der Waals surface area (Å²) in [6.45, 7) is 11.3. The zero-order chi connectivity index (χ0) is 17.0. The predicted octanol–water partition coefficient (Wildman–Crippen LogP) is 3.72. The molecule has 0 aliphatic carbocycles. The second-order valence-corrected chi connectivity index (χ2v) is 7.35. The highest BCUT2D eigenvalue weighted by Crippen LogP contribution is 2.21. The quantitative estimate of drug-likeness (QED) is 0.918. The first kappa shape index (κ1) is 17.9. The van der Waals surface area contributed by atoms with Crippen molar-refractivity contribution in [1.82, 2.24) is 10.2 Å². The number of amides is 1. The van der Waals surface area contributed by atoms with Crippen molar-refractivity contribution in [2.24, 2.45) is 0 Å². The number of hydrogen-bond donors (Lipinski definition) is 1. The third-order valence-electron chi connectivity index (χ3n) is 4.13. The van der Waals surface area contributed by atoms with Crippen LogP contribution >= 0.6 is 0 Å². The smallest absolute Gasteiger partial charge is 0.410 e. The van der Waals surface area contributed by atoms with Crippen LogP contribution in [0.1, 0.15) is 59.0 Å². The minimum absolute atomic E-state index is 0.180. The van der Waals surface area contributed by atoms with Crippen molar-refractivity contribution in [2.75, 3.05) is 6.54 Å². The summed E-state index contributed by atoms with van der Waals surface area (Å²) >= 11 is 0. The SMILES string of the molecule is CCc1ccc(CNC2CCN(C(=O)OC(C)(C)C)C(C)C2)o1. The van der Waals surface area contributed by atoms with Gasteiger partial charge in [0.2, 0.25) is 0 Å². The molecule has 2 atom stereocenters. The summed E-state index contributed by atoms with van der Waals surface area (Å²) in [5, 5.41) is 3.54. The molecule has 1 N–H and O–H groups in total. The van der Waals surface area contributed by atoms with E-state index in [9.17, 15) is 4.79 Å². The van der Waals surface area contributed by atoms with Crippen molar-refractivity contribution >= 4 is 6.09 Å². The van der Waals surface area contributed by atoms with Crippen LogP contribution in [0.3, 0.4) is 0 Å². The van der Waals surface area contributed by atoms with Crippen LogP contribution in [0.5, 0.6) is 0 Å². The van der Waals surface area contributed by atoms with E-state index in [1.807, 2.05) is 37.8 Å². The molecule has 23 heavy (non-hydrogen) atoms. The minimum Gasteiger partial charge on any atom is -0.465 e. The summed E-state index contributed by atoms with van der Waals surface area (Å²) in [5.74, 6) is 2.00. The Morgan fingerprint density at radius 1 is 1.39 bits per heavy atom. The van der Waals surface area contributed by atoms with Crippen molar-refractivity contribution in [3.8, 4) is 0 Å². The molecule has 5 nitrogen and oxygen atoms in total. The van der Waals surface area contributed by atoms with Gasteiger partial charge in [-0.05, 0) is 52.7 Å². The van der Waals surface area contributed by atoms with Gasteiger partial charge in [0, 0.05) is 25.0 Å². The molecule has 5 heteroatoms. The predicted molar refractivity (Wildman–Crippen MR) is 90.3 cm³/mol. The van der Waals surface area contributed by atoms with Crippen molar-refractivity contribution in [3.05, 3.63) is 23.7 Å². The van der Waals surface area contributed by atoms with E-state index in [0.29, 0.717) is 6.04 Å². The van der Waals surface area contributed by atoms with Crippen LogP contribution in [-0.2, 0) is 17.7 Å². The Hall–Kier alpha value is -1.49. The maximum atomic E-state index is 12.2. The number of nitrogens with one attached hydrogen (secondary N) is 1. The Morgan fingerprint density at radius 2 is 2.09 bits per heavy atom. The average Bonchev–Trinajstić information content (AvgIpc) is 2.91. The molecular formula is C18H30N2O3. The fourth-order valence-electron chi connectivity index (χ4n) is 2.90. The topological polar surface area (TPSA) is 54.7 Å². The number of nitrogens with zero attached hydrogens (tertiary/aromatic N) is 1. The van der Waals surface area contributed by atoms with Gasteiger partial charge in [0.15, 0.2) is 0 Å². The summed E-state index contributed by atoms with van der Waals surface area (Å²) in [6, 6.07) is 4.65. The van der Waals surface area contributed by atoms with Crippen LogP contribution in [0, 0.1) is 0 Å². The molecule has 0 aromatic carbocycles. The first-order chi connectivity index (χ1) is 10.8. The van der Waals surface area contributed by atoms with Gasteiger partial charge in [-0.15, -0.1) is 0 Å². The van der Waals surface area contributed by atoms with Crippen LogP contribution in [0.15, 0.2) is 16.5 Å². The molecular weight excluding hydrogens is 292 g/mol. The lowest BCUT2D eigenvalue weighted by atomic mass is 9.98. The lowest BCUT2D eigenvalue weighted by molar-refractivity contribution is 0.00925. The van der Waals surface area contributed by atoms with E-state index in [-0.39, 0.29) is 12.1 Å². The molecule has 0 radical (unpaired) electrons. The maximum absolute atomic E-state index is 12.2. The molecule has 0 saturated carbocycles. The van der Waals surface area contributed by atoms with E-state index in [4.69, 9.17) is 9.15 Å². The second-order valence-electron chi connectivity index (χ2n) is 7.35. The zero-order valence-electron chi connectivity index (χ0n) is 15.0. The number of ether oxygens (including phenoxy) is 1. The van der Waals surface area contributed by atoms with Gasteiger partial charge in [0.05, 0.1) is 6.54 Å². The van der Waals surface area contributed by atoms with Crippen LogP contribution in [0.2, 0.25) is 0 Å². The third kappa shape index (κ3) is 5.27. The molecule has 0 spiro atoms. The van der Waals surface area contributed by atoms with Gasteiger partial charge in [-0.25, -0.2) is 4.79 Å². The van der Waals surface area contributed by atoms with Gasteiger partial charge in [0.25, 0.3) is 0 Å². The first-order valence-electron chi connectivity index (χ1n) is 8.59. The molecule has 1 aliphatic rings. The fourth-order valence-corrected chi connectivity index (χ4v) is 2.90. The number of piperidine rings is 1. The summed E-state index contributed by atoms with van der Waals surface area (Å²) < 4.78 is 11.2.